The Kier molecular flexibility index (Phi) is 6.49. The number of hydrogen-bond donors (Lipinski definition) is 0. The zero-order chi connectivity index (χ0) is 17.5. The summed E-state index contributed by atoms with van der Waals surface area (Å²) in [5, 5.41) is 0. The molecule has 24 heavy (non-hydrogen) atoms. The predicted octanol–water partition coefficient (Wildman–Crippen LogP) is 1.57. The average molecular weight is 333 g/mol. The van der Waals surface area contributed by atoms with E-state index in [1.54, 1.807) is 13.8 Å². The van der Waals surface area contributed by atoms with E-state index in [-0.39, 0.29) is 25.4 Å². The molecular weight excluding hydrogens is 310 g/mol. The van der Waals surface area contributed by atoms with Gasteiger partial charge in [0, 0.05) is 19.5 Å². The van der Waals surface area contributed by atoms with Crippen LogP contribution in [0.1, 0.15) is 25.8 Å². The van der Waals surface area contributed by atoms with E-state index in [4.69, 9.17) is 9.47 Å². The highest BCUT2D eigenvalue weighted by atomic mass is 16.5. The van der Waals surface area contributed by atoms with E-state index in [1.807, 2.05) is 35.2 Å². The number of rotatable bonds is 6. The van der Waals surface area contributed by atoms with Crippen molar-refractivity contribution in [3.8, 4) is 0 Å². The van der Waals surface area contributed by atoms with Crippen molar-refractivity contribution in [2.45, 2.75) is 32.9 Å². The molecule has 2 unspecified atom stereocenters. The first-order chi connectivity index (χ1) is 11.6. The summed E-state index contributed by atoms with van der Waals surface area (Å²) in [4.78, 5) is 38.8. The van der Waals surface area contributed by atoms with Crippen molar-refractivity contribution in [3.05, 3.63) is 35.9 Å². The second kappa shape index (κ2) is 8.59. The van der Waals surface area contributed by atoms with Crippen molar-refractivity contribution < 1.29 is 23.9 Å². The number of benzene rings is 1. The number of Topliss-reactive ketones (excluding diaryl/α,β-unsaturated/α-hetero) is 1. The van der Waals surface area contributed by atoms with Crippen LogP contribution in [0.5, 0.6) is 0 Å². The second-order valence-corrected chi connectivity index (χ2v) is 5.60. The van der Waals surface area contributed by atoms with Crippen LogP contribution in [-0.2, 0) is 30.4 Å². The van der Waals surface area contributed by atoms with Gasteiger partial charge in [-0.25, -0.2) is 0 Å². The predicted molar refractivity (Wildman–Crippen MR) is 87.0 cm³/mol. The second-order valence-electron chi connectivity index (χ2n) is 5.60. The number of ether oxygens (including phenoxy) is 2. The fourth-order valence-corrected chi connectivity index (χ4v) is 2.94. The number of ketones is 1. The van der Waals surface area contributed by atoms with E-state index >= 15 is 0 Å². The lowest BCUT2D eigenvalue weighted by Gasteiger charge is -2.37. The molecule has 0 amide bonds. The molecular formula is C18H23NO5. The Morgan fingerprint density at radius 2 is 1.71 bits per heavy atom. The van der Waals surface area contributed by atoms with E-state index in [2.05, 4.69) is 0 Å². The van der Waals surface area contributed by atoms with Gasteiger partial charge in [0.1, 0.15) is 12.0 Å². The van der Waals surface area contributed by atoms with Gasteiger partial charge >= 0.3 is 11.9 Å². The molecule has 0 spiro atoms. The maximum atomic E-state index is 12.4. The molecule has 2 atom stereocenters. The summed E-state index contributed by atoms with van der Waals surface area (Å²) in [7, 11) is 0. The fourth-order valence-electron chi connectivity index (χ4n) is 2.94. The highest BCUT2D eigenvalue weighted by Gasteiger charge is 2.47. The van der Waals surface area contributed by atoms with Gasteiger partial charge in [-0.2, -0.15) is 0 Å². The molecule has 0 radical (unpaired) electrons. The number of hydrogen-bond acceptors (Lipinski definition) is 6. The Hall–Kier alpha value is -2.21. The molecule has 0 aliphatic carbocycles. The Bertz CT molecular complexity index is 586. The lowest BCUT2D eigenvalue weighted by molar-refractivity contribution is -0.168. The normalized spacial score (nSPS) is 21.3. The molecule has 0 N–H and O–H groups in total. The fraction of sp³-hybridized carbons (Fsp3) is 0.500. The van der Waals surface area contributed by atoms with Crippen molar-refractivity contribution in [1.29, 1.82) is 0 Å². The number of nitrogens with zero attached hydrogens (tertiary/aromatic N) is 1. The molecule has 0 saturated carbocycles. The van der Waals surface area contributed by atoms with Gasteiger partial charge in [-0.15, -0.1) is 0 Å². The van der Waals surface area contributed by atoms with Crippen LogP contribution in [0, 0.1) is 5.92 Å². The van der Waals surface area contributed by atoms with Crippen LogP contribution < -0.4 is 0 Å². The van der Waals surface area contributed by atoms with E-state index in [1.165, 1.54) is 0 Å². The van der Waals surface area contributed by atoms with Crippen molar-refractivity contribution in [2.24, 2.45) is 5.92 Å². The summed E-state index contributed by atoms with van der Waals surface area (Å²) in [6.07, 6.45) is 0.215. The Labute approximate surface area is 141 Å². The van der Waals surface area contributed by atoms with E-state index in [0.717, 1.165) is 5.56 Å². The number of carbonyl (C=O) groups excluding carboxylic acids is 3. The van der Waals surface area contributed by atoms with Crippen LogP contribution in [0.3, 0.4) is 0 Å². The minimum Gasteiger partial charge on any atom is -0.465 e. The van der Waals surface area contributed by atoms with Crippen LogP contribution in [-0.4, -0.2) is 48.4 Å². The van der Waals surface area contributed by atoms with E-state index < -0.39 is 23.9 Å². The highest BCUT2D eigenvalue weighted by Crippen LogP contribution is 2.25. The first-order valence-corrected chi connectivity index (χ1v) is 8.22. The molecule has 1 aliphatic rings. The maximum Gasteiger partial charge on any atom is 0.324 e. The Morgan fingerprint density at radius 1 is 1.08 bits per heavy atom. The van der Waals surface area contributed by atoms with Gasteiger partial charge < -0.3 is 9.47 Å². The summed E-state index contributed by atoms with van der Waals surface area (Å²) in [5.41, 5.74) is 1.00. The van der Waals surface area contributed by atoms with E-state index in [0.29, 0.717) is 13.1 Å². The summed E-state index contributed by atoms with van der Waals surface area (Å²) in [5.74, 6) is -2.60. The monoisotopic (exact) mass is 333 g/mol. The van der Waals surface area contributed by atoms with E-state index in [9.17, 15) is 14.4 Å². The number of esters is 2. The van der Waals surface area contributed by atoms with Crippen molar-refractivity contribution in [3.63, 3.8) is 0 Å². The number of likely N-dealkylation sites (tertiary alicyclic amines) is 1. The molecule has 6 heteroatoms. The third-order valence-electron chi connectivity index (χ3n) is 4.00. The minimum absolute atomic E-state index is 0.164. The first kappa shape index (κ1) is 18.1. The topological polar surface area (TPSA) is 72.9 Å². The SMILES string of the molecule is CCOC(=O)C1C(=O)CCN(Cc2ccccc2)C1C(=O)OCC. The summed E-state index contributed by atoms with van der Waals surface area (Å²) in [6.45, 7) is 4.60. The molecule has 1 heterocycles. The van der Waals surface area contributed by atoms with Crippen LogP contribution in [0.25, 0.3) is 0 Å². The van der Waals surface area contributed by atoms with Gasteiger partial charge in [0.25, 0.3) is 0 Å². The summed E-state index contributed by atoms with van der Waals surface area (Å²) in [6, 6.07) is 8.67. The molecule has 1 aliphatic heterocycles. The van der Waals surface area contributed by atoms with Gasteiger partial charge in [0.05, 0.1) is 13.2 Å². The molecule has 130 valence electrons. The quantitative estimate of drug-likeness (QED) is 0.581. The zero-order valence-corrected chi connectivity index (χ0v) is 14.1. The van der Waals surface area contributed by atoms with Gasteiger partial charge in [-0.05, 0) is 19.4 Å². The van der Waals surface area contributed by atoms with Crippen LogP contribution in [0.2, 0.25) is 0 Å². The Balaban J connectivity index is 2.28. The molecule has 1 aromatic rings. The lowest BCUT2D eigenvalue weighted by Crippen LogP contribution is -2.56. The van der Waals surface area contributed by atoms with Crippen LogP contribution >= 0.6 is 0 Å². The molecule has 1 aromatic carbocycles. The summed E-state index contributed by atoms with van der Waals surface area (Å²) >= 11 is 0. The minimum atomic E-state index is -1.12. The third-order valence-corrected chi connectivity index (χ3v) is 4.00. The Morgan fingerprint density at radius 3 is 2.33 bits per heavy atom. The van der Waals surface area contributed by atoms with Crippen molar-refractivity contribution in [1.82, 2.24) is 4.90 Å². The van der Waals surface area contributed by atoms with Gasteiger partial charge in [0.15, 0.2) is 5.78 Å². The standard InChI is InChI=1S/C18H23NO5/c1-3-23-17(21)15-14(20)10-11-19(16(15)18(22)24-4-2)12-13-8-6-5-7-9-13/h5-9,15-16H,3-4,10-12H2,1-2H3. The average Bonchev–Trinajstić information content (AvgIpc) is 2.57. The number of carbonyl (C=O) groups is 3. The maximum absolute atomic E-state index is 12.4. The smallest absolute Gasteiger partial charge is 0.324 e. The number of piperidine rings is 1. The van der Waals surface area contributed by atoms with Gasteiger partial charge in [0.2, 0.25) is 0 Å². The van der Waals surface area contributed by atoms with Crippen molar-refractivity contribution in [2.75, 3.05) is 19.8 Å². The van der Waals surface area contributed by atoms with Crippen LogP contribution in [0.15, 0.2) is 30.3 Å². The lowest BCUT2D eigenvalue weighted by atomic mass is 9.87. The summed E-state index contributed by atoms with van der Waals surface area (Å²) < 4.78 is 10.1. The largest absolute Gasteiger partial charge is 0.465 e. The van der Waals surface area contributed by atoms with Crippen molar-refractivity contribution >= 4 is 17.7 Å². The molecule has 0 aromatic heterocycles. The van der Waals surface area contributed by atoms with Gasteiger partial charge in [-0.3, -0.25) is 19.3 Å². The molecule has 0 bridgehead atoms. The molecule has 2 rings (SSSR count). The van der Waals surface area contributed by atoms with Crippen LogP contribution in [0.4, 0.5) is 0 Å². The van der Waals surface area contributed by atoms with Gasteiger partial charge in [-0.1, -0.05) is 30.3 Å². The zero-order valence-electron chi connectivity index (χ0n) is 14.1. The molecule has 1 fully saturated rings. The first-order valence-electron chi connectivity index (χ1n) is 8.22. The highest BCUT2D eigenvalue weighted by molar-refractivity contribution is 6.04. The third kappa shape index (κ3) is 4.20. The molecule has 6 nitrogen and oxygen atoms in total. The molecule has 1 saturated heterocycles.